The van der Waals surface area contributed by atoms with Gasteiger partial charge in [0.1, 0.15) is 5.69 Å². The van der Waals surface area contributed by atoms with Gasteiger partial charge in [0.25, 0.3) is 0 Å². The lowest BCUT2D eigenvalue weighted by Crippen LogP contribution is -2.36. The Morgan fingerprint density at radius 3 is 2.88 bits per heavy atom. The van der Waals surface area contributed by atoms with Crippen LogP contribution < -0.4 is 10.6 Å². The van der Waals surface area contributed by atoms with Gasteiger partial charge in [-0.3, -0.25) is 0 Å². The molecule has 8 heteroatoms. The minimum absolute atomic E-state index is 0.0281. The van der Waals surface area contributed by atoms with Crippen LogP contribution in [0.15, 0.2) is 59.1 Å². The molecule has 2 aromatic heterocycles. The molecule has 0 radical (unpaired) electrons. The molecular formula is C26H25ClN4O2S. The van der Waals surface area contributed by atoms with Crippen molar-refractivity contribution in [1.82, 2.24) is 20.6 Å². The Morgan fingerprint density at radius 1 is 1.12 bits per heavy atom. The molecule has 34 heavy (non-hydrogen) atoms. The molecule has 3 N–H and O–H groups in total. The first-order valence-electron chi connectivity index (χ1n) is 11.7. The highest BCUT2D eigenvalue weighted by Crippen LogP contribution is 2.38. The molecule has 2 saturated heterocycles. The van der Waals surface area contributed by atoms with Crippen LogP contribution in [0.1, 0.15) is 25.2 Å². The summed E-state index contributed by atoms with van der Waals surface area (Å²) in [6.45, 7) is 0. The van der Waals surface area contributed by atoms with Crippen LogP contribution in [0.2, 0.25) is 5.02 Å². The zero-order valence-corrected chi connectivity index (χ0v) is 20.1. The highest BCUT2D eigenvalue weighted by Gasteiger charge is 2.42. The maximum Gasteiger partial charge on any atom is 0.315 e. The molecule has 2 aromatic carbocycles. The summed E-state index contributed by atoms with van der Waals surface area (Å²) in [4.78, 5) is 19.9. The van der Waals surface area contributed by atoms with Crippen molar-refractivity contribution in [2.75, 3.05) is 5.75 Å². The van der Waals surface area contributed by atoms with Crippen molar-refractivity contribution < 1.29 is 9.21 Å². The molecule has 0 bridgehead atoms. The molecule has 4 aromatic rings. The summed E-state index contributed by atoms with van der Waals surface area (Å²) in [6, 6.07) is 16.5. The Balaban J connectivity index is 1.21. The Hall–Kier alpha value is -2.90. The van der Waals surface area contributed by atoms with Crippen LogP contribution in [0.3, 0.4) is 0 Å². The Morgan fingerprint density at radius 2 is 2.00 bits per heavy atom. The van der Waals surface area contributed by atoms with Crippen LogP contribution in [0.25, 0.3) is 33.5 Å². The van der Waals surface area contributed by atoms with Crippen molar-refractivity contribution in [2.24, 2.45) is 0 Å². The van der Waals surface area contributed by atoms with E-state index in [1.165, 1.54) is 0 Å². The van der Waals surface area contributed by atoms with E-state index in [2.05, 4.69) is 15.6 Å². The number of halogens is 1. The van der Waals surface area contributed by atoms with Crippen LogP contribution >= 0.6 is 23.4 Å². The number of oxazole rings is 1. The summed E-state index contributed by atoms with van der Waals surface area (Å²) in [5.41, 5.74) is 3.85. The summed E-state index contributed by atoms with van der Waals surface area (Å²) in [7, 11) is 0. The minimum atomic E-state index is -0.0281. The summed E-state index contributed by atoms with van der Waals surface area (Å²) in [5, 5.41) is 8.28. The van der Waals surface area contributed by atoms with Crippen LogP contribution in [0.5, 0.6) is 0 Å². The van der Waals surface area contributed by atoms with E-state index in [4.69, 9.17) is 21.0 Å². The van der Waals surface area contributed by atoms with E-state index in [0.29, 0.717) is 10.3 Å². The molecule has 174 valence electrons. The van der Waals surface area contributed by atoms with Crippen molar-refractivity contribution in [3.63, 3.8) is 0 Å². The fraction of sp³-hybridized carbons (Fsp3) is 0.308. The van der Waals surface area contributed by atoms with E-state index in [1.807, 2.05) is 66.5 Å². The van der Waals surface area contributed by atoms with Crippen LogP contribution in [-0.4, -0.2) is 39.1 Å². The topological polar surface area (TPSA) is 83.0 Å². The minimum Gasteiger partial charge on any atom is -0.440 e. The van der Waals surface area contributed by atoms with Crippen molar-refractivity contribution in [3.05, 3.63) is 65.6 Å². The van der Waals surface area contributed by atoms with Gasteiger partial charge in [0, 0.05) is 50.7 Å². The lowest BCUT2D eigenvalue weighted by molar-refractivity contribution is 0.247. The Kier molecular flexibility index (Phi) is 5.75. The van der Waals surface area contributed by atoms with E-state index in [0.717, 1.165) is 70.8 Å². The van der Waals surface area contributed by atoms with E-state index in [9.17, 15) is 4.79 Å². The summed E-state index contributed by atoms with van der Waals surface area (Å²) >= 11 is 8.25. The van der Waals surface area contributed by atoms with Crippen molar-refractivity contribution in [1.29, 1.82) is 0 Å². The number of aryl methyl sites for hydroxylation is 1. The first kappa shape index (κ1) is 21.6. The average Bonchev–Trinajstić information content (AvgIpc) is 3.60. The maximum absolute atomic E-state index is 11.6. The summed E-state index contributed by atoms with van der Waals surface area (Å²) in [5.74, 6) is 2.52. The molecule has 2 aliphatic heterocycles. The second kappa shape index (κ2) is 9.04. The normalized spacial score (nSPS) is 21.6. The number of unbranched alkanes of at least 4 members (excludes halogenated alkanes) is 1. The number of rotatable bonds is 7. The molecule has 0 aliphatic carbocycles. The van der Waals surface area contributed by atoms with Gasteiger partial charge >= 0.3 is 6.03 Å². The second-order valence-corrected chi connectivity index (χ2v) is 10.6. The van der Waals surface area contributed by atoms with Crippen LogP contribution in [-0.2, 0) is 6.42 Å². The highest BCUT2D eigenvalue weighted by molar-refractivity contribution is 8.00. The van der Waals surface area contributed by atoms with Crippen molar-refractivity contribution in [2.45, 2.75) is 43.0 Å². The standard InChI is InChI=1S/C26H25ClN4O2S/c27-16-10-11-19-17(12-16)18(13-28-19)23-25(15-6-2-1-3-7-15)33-22(30-23)9-5-4-8-21-24-20(14-34-21)29-26(32)31-24/h1-3,6-7,10-13,20-21,24,28H,4-5,8-9,14H2,(H2,29,31,32)/t20-,21-,24-/m0/s1. The largest absolute Gasteiger partial charge is 0.440 e. The number of amides is 2. The number of carbonyl (C=O) groups excluding carboxylic acids is 1. The number of aromatic nitrogens is 2. The number of hydrogen-bond acceptors (Lipinski definition) is 4. The Labute approximate surface area is 206 Å². The fourth-order valence-electron chi connectivity index (χ4n) is 4.99. The van der Waals surface area contributed by atoms with Gasteiger partial charge in [-0.25, -0.2) is 9.78 Å². The summed E-state index contributed by atoms with van der Waals surface area (Å²) < 4.78 is 6.33. The van der Waals surface area contributed by atoms with Gasteiger partial charge in [-0.05, 0) is 31.0 Å². The van der Waals surface area contributed by atoms with Gasteiger partial charge in [-0.1, -0.05) is 48.4 Å². The number of aromatic amines is 1. The number of benzene rings is 2. The second-order valence-electron chi connectivity index (χ2n) is 8.91. The zero-order chi connectivity index (χ0) is 23.1. The van der Waals surface area contributed by atoms with Crippen molar-refractivity contribution >= 4 is 40.3 Å². The molecule has 6 nitrogen and oxygen atoms in total. The predicted octanol–water partition coefficient (Wildman–Crippen LogP) is 6.02. The number of nitrogens with one attached hydrogen (secondary N) is 3. The Bertz CT molecular complexity index is 1340. The van der Waals surface area contributed by atoms with E-state index >= 15 is 0 Å². The van der Waals surface area contributed by atoms with E-state index in [1.54, 1.807) is 0 Å². The maximum atomic E-state index is 11.6. The lowest BCUT2D eigenvalue weighted by atomic mass is 10.0. The third-order valence-electron chi connectivity index (χ3n) is 6.67. The molecule has 2 amide bonds. The van der Waals surface area contributed by atoms with Gasteiger partial charge in [0.15, 0.2) is 11.7 Å². The zero-order valence-electron chi connectivity index (χ0n) is 18.5. The molecule has 0 spiro atoms. The lowest BCUT2D eigenvalue weighted by Gasteiger charge is -2.16. The monoisotopic (exact) mass is 492 g/mol. The van der Waals surface area contributed by atoms with Crippen molar-refractivity contribution in [3.8, 4) is 22.6 Å². The number of thioether (sulfide) groups is 1. The first-order valence-corrected chi connectivity index (χ1v) is 13.1. The summed E-state index contributed by atoms with van der Waals surface area (Å²) in [6.07, 6.45) is 5.89. The third-order valence-corrected chi connectivity index (χ3v) is 8.42. The number of hydrogen-bond donors (Lipinski definition) is 3. The SMILES string of the molecule is O=C1N[C@H]2[C@H](CS[C@H]2CCCCc2nc(-c3c[nH]c4ccc(Cl)cc34)c(-c3ccccc3)o2)N1. The molecule has 2 fully saturated rings. The molecule has 2 aliphatic rings. The first-order chi connectivity index (χ1) is 16.7. The highest BCUT2D eigenvalue weighted by atomic mass is 35.5. The third kappa shape index (κ3) is 4.07. The van der Waals surface area contributed by atoms with Crippen LogP contribution in [0, 0.1) is 0 Å². The number of nitrogens with zero attached hydrogens (tertiary/aromatic N) is 1. The van der Waals surface area contributed by atoms with Crippen LogP contribution in [0.4, 0.5) is 4.79 Å². The quantitative estimate of drug-likeness (QED) is 0.217. The number of H-pyrrole nitrogens is 1. The van der Waals surface area contributed by atoms with Gasteiger partial charge in [0.05, 0.1) is 12.1 Å². The molecule has 0 saturated carbocycles. The molecule has 0 unspecified atom stereocenters. The van der Waals surface area contributed by atoms with Gasteiger partial charge in [0.2, 0.25) is 0 Å². The average molecular weight is 493 g/mol. The fourth-order valence-corrected chi connectivity index (χ4v) is 6.71. The smallest absolute Gasteiger partial charge is 0.315 e. The van der Waals surface area contributed by atoms with E-state index < -0.39 is 0 Å². The predicted molar refractivity (Wildman–Crippen MR) is 137 cm³/mol. The number of fused-ring (bicyclic) bond motifs is 2. The van der Waals surface area contributed by atoms with Gasteiger partial charge in [-0.2, -0.15) is 11.8 Å². The molecular weight excluding hydrogens is 468 g/mol. The number of carbonyl (C=O) groups is 1. The number of urea groups is 1. The van der Waals surface area contributed by atoms with E-state index in [-0.39, 0.29) is 18.1 Å². The molecule has 3 atom stereocenters. The van der Waals surface area contributed by atoms with Gasteiger partial charge < -0.3 is 20.0 Å². The molecule has 4 heterocycles. The molecule has 6 rings (SSSR count). The van der Waals surface area contributed by atoms with Gasteiger partial charge in [-0.15, -0.1) is 0 Å².